The Morgan fingerprint density at radius 2 is 1.61 bits per heavy atom. The number of hydrogen-bond acceptors (Lipinski definition) is 6. The van der Waals surface area contributed by atoms with E-state index < -0.39 is 0 Å². The van der Waals surface area contributed by atoms with Crippen molar-refractivity contribution >= 4 is 17.4 Å². The van der Waals surface area contributed by atoms with Crippen molar-refractivity contribution in [3.05, 3.63) is 53.6 Å². The fourth-order valence-corrected chi connectivity index (χ4v) is 3.75. The number of nitrogens with zero attached hydrogens (tertiary/aromatic N) is 2. The van der Waals surface area contributed by atoms with Gasteiger partial charge in [0.1, 0.15) is 0 Å². The first-order valence-corrected chi connectivity index (χ1v) is 10.5. The largest absolute Gasteiger partial charge is 0.493 e. The molecular weight excluding hydrogens is 394 g/mol. The molecule has 1 atom stereocenters. The maximum absolute atomic E-state index is 12.7. The summed E-state index contributed by atoms with van der Waals surface area (Å²) in [4.78, 5) is 28.6. The number of ether oxygens (including phenoxy) is 2. The van der Waals surface area contributed by atoms with Crippen LogP contribution in [0.2, 0.25) is 0 Å². The lowest BCUT2D eigenvalue weighted by atomic mass is 10.1. The van der Waals surface area contributed by atoms with Crippen LogP contribution in [0.3, 0.4) is 0 Å². The molecule has 1 aliphatic heterocycles. The molecule has 1 amide bonds. The summed E-state index contributed by atoms with van der Waals surface area (Å²) in [5.41, 5.74) is 2.51. The predicted molar refractivity (Wildman–Crippen MR) is 121 cm³/mol. The van der Waals surface area contributed by atoms with Crippen LogP contribution in [0.15, 0.2) is 42.5 Å². The number of hydrogen-bond donors (Lipinski definition) is 1. The lowest BCUT2D eigenvalue weighted by Crippen LogP contribution is -2.52. The van der Waals surface area contributed by atoms with Crippen LogP contribution >= 0.6 is 0 Å². The third-order valence-corrected chi connectivity index (χ3v) is 5.75. The Bertz CT molecular complexity index is 906. The zero-order valence-electron chi connectivity index (χ0n) is 18.7. The molecule has 0 unspecified atom stereocenters. The number of benzene rings is 2. The zero-order valence-corrected chi connectivity index (χ0v) is 18.7. The highest BCUT2D eigenvalue weighted by atomic mass is 16.5. The van der Waals surface area contributed by atoms with Crippen LogP contribution in [0.4, 0.5) is 5.69 Å². The number of carbonyl (C=O) groups excluding carboxylic acids is 2. The average molecular weight is 426 g/mol. The van der Waals surface area contributed by atoms with Gasteiger partial charge in [-0.3, -0.25) is 19.4 Å². The van der Waals surface area contributed by atoms with E-state index in [9.17, 15) is 9.59 Å². The van der Waals surface area contributed by atoms with E-state index in [4.69, 9.17) is 9.47 Å². The molecule has 1 N–H and O–H groups in total. The summed E-state index contributed by atoms with van der Waals surface area (Å²) in [5, 5.41) is 2.95. The Hall–Kier alpha value is -2.90. The lowest BCUT2D eigenvalue weighted by molar-refractivity contribution is -0.121. The highest BCUT2D eigenvalue weighted by Crippen LogP contribution is 2.28. The van der Waals surface area contributed by atoms with Gasteiger partial charge in [-0.1, -0.05) is 6.07 Å². The summed E-state index contributed by atoms with van der Waals surface area (Å²) in [5.74, 6) is 1.44. The van der Waals surface area contributed by atoms with Gasteiger partial charge in [-0.25, -0.2) is 0 Å². The van der Waals surface area contributed by atoms with E-state index in [1.165, 1.54) is 12.5 Å². The third kappa shape index (κ3) is 5.83. The number of anilines is 1. The second-order valence-corrected chi connectivity index (χ2v) is 7.80. The quantitative estimate of drug-likeness (QED) is 0.656. The minimum atomic E-state index is -0.226. The Morgan fingerprint density at radius 1 is 0.968 bits per heavy atom. The van der Waals surface area contributed by atoms with Gasteiger partial charge in [-0.05, 0) is 55.8 Å². The lowest BCUT2D eigenvalue weighted by Gasteiger charge is -2.37. The van der Waals surface area contributed by atoms with Crippen molar-refractivity contribution in [2.24, 2.45) is 0 Å². The Balaban J connectivity index is 1.50. The standard InChI is InChI=1S/C24H31N3O4/c1-17(24(29)25-21-8-6-20(7-9-21)18(2)28)27-13-11-26(12-14-27)16-19-5-10-22(30-3)23(15-19)31-4/h5-10,15,17H,11-14,16H2,1-4H3,(H,25,29)/t17-/m1/s1. The molecule has 0 bridgehead atoms. The van der Waals surface area contributed by atoms with Crippen LogP contribution in [0.25, 0.3) is 0 Å². The first-order chi connectivity index (χ1) is 14.9. The van der Waals surface area contributed by atoms with Crippen LogP contribution in [0.5, 0.6) is 11.5 Å². The van der Waals surface area contributed by atoms with Gasteiger partial charge in [0, 0.05) is 44.0 Å². The fraction of sp³-hybridized carbons (Fsp3) is 0.417. The van der Waals surface area contributed by atoms with Crippen LogP contribution in [-0.4, -0.2) is 67.9 Å². The molecule has 0 aromatic heterocycles. The van der Waals surface area contributed by atoms with Gasteiger partial charge in [0.05, 0.1) is 20.3 Å². The van der Waals surface area contributed by atoms with Gasteiger partial charge in [0.25, 0.3) is 0 Å². The van der Waals surface area contributed by atoms with Crippen molar-refractivity contribution in [1.82, 2.24) is 9.80 Å². The summed E-state index contributed by atoms with van der Waals surface area (Å²) < 4.78 is 10.7. The Morgan fingerprint density at radius 3 is 2.19 bits per heavy atom. The van der Waals surface area contributed by atoms with Crippen molar-refractivity contribution < 1.29 is 19.1 Å². The van der Waals surface area contributed by atoms with E-state index in [1.54, 1.807) is 38.5 Å². The summed E-state index contributed by atoms with van der Waals surface area (Å²) in [6.07, 6.45) is 0. The third-order valence-electron chi connectivity index (χ3n) is 5.75. The summed E-state index contributed by atoms with van der Waals surface area (Å²) in [6, 6.07) is 12.8. The molecule has 3 rings (SSSR count). The molecule has 0 saturated carbocycles. The molecule has 0 spiro atoms. The summed E-state index contributed by atoms with van der Waals surface area (Å²) in [7, 11) is 3.28. The van der Waals surface area contributed by atoms with Crippen molar-refractivity contribution in [2.75, 3.05) is 45.7 Å². The highest BCUT2D eigenvalue weighted by Gasteiger charge is 2.25. The molecule has 31 heavy (non-hydrogen) atoms. The Labute approximate surface area is 183 Å². The number of ketones is 1. The minimum Gasteiger partial charge on any atom is -0.493 e. The smallest absolute Gasteiger partial charge is 0.241 e. The molecule has 7 nitrogen and oxygen atoms in total. The number of methoxy groups -OCH3 is 2. The van der Waals surface area contributed by atoms with Gasteiger partial charge < -0.3 is 14.8 Å². The van der Waals surface area contributed by atoms with Gasteiger partial charge in [-0.15, -0.1) is 0 Å². The molecule has 166 valence electrons. The minimum absolute atomic E-state index is 0.0113. The van der Waals surface area contributed by atoms with Crippen LogP contribution in [0, 0.1) is 0 Å². The van der Waals surface area contributed by atoms with Crippen molar-refractivity contribution in [2.45, 2.75) is 26.4 Å². The summed E-state index contributed by atoms with van der Waals surface area (Å²) >= 11 is 0. The van der Waals surface area contributed by atoms with Crippen molar-refractivity contribution in [3.8, 4) is 11.5 Å². The molecular formula is C24H31N3O4. The number of amides is 1. The van der Waals surface area contributed by atoms with Crippen LogP contribution in [-0.2, 0) is 11.3 Å². The second-order valence-electron chi connectivity index (χ2n) is 7.80. The number of carbonyl (C=O) groups is 2. The molecule has 0 radical (unpaired) electrons. The predicted octanol–water partition coefficient (Wildman–Crippen LogP) is 3.05. The first-order valence-electron chi connectivity index (χ1n) is 10.5. The molecule has 2 aromatic carbocycles. The molecule has 1 fully saturated rings. The molecule has 7 heteroatoms. The van der Waals surface area contributed by atoms with Gasteiger partial charge in [0.2, 0.25) is 5.91 Å². The van der Waals surface area contributed by atoms with E-state index in [2.05, 4.69) is 21.2 Å². The molecule has 1 aliphatic rings. The second kappa shape index (κ2) is 10.4. The van der Waals surface area contributed by atoms with Crippen molar-refractivity contribution in [3.63, 3.8) is 0 Å². The van der Waals surface area contributed by atoms with Gasteiger partial charge in [-0.2, -0.15) is 0 Å². The maximum Gasteiger partial charge on any atom is 0.241 e. The topological polar surface area (TPSA) is 71.1 Å². The van der Waals surface area contributed by atoms with Crippen molar-refractivity contribution in [1.29, 1.82) is 0 Å². The first kappa shape index (κ1) is 22.8. The van der Waals surface area contributed by atoms with Gasteiger partial charge in [0.15, 0.2) is 17.3 Å². The van der Waals surface area contributed by atoms with Gasteiger partial charge >= 0.3 is 0 Å². The van der Waals surface area contributed by atoms with E-state index in [0.29, 0.717) is 11.3 Å². The highest BCUT2D eigenvalue weighted by molar-refractivity contribution is 5.97. The van der Waals surface area contributed by atoms with E-state index in [-0.39, 0.29) is 17.7 Å². The number of rotatable bonds is 8. The molecule has 0 aliphatic carbocycles. The van der Waals surface area contributed by atoms with E-state index >= 15 is 0 Å². The van der Waals surface area contributed by atoms with Crippen LogP contribution in [0.1, 0.15) is 29.8 Å². The SMILES string of the molecule is COc1ccc(CN2CCN([C@H](C)C(=O)Nc3ccc(C(C)=O)cc3)CC2)cc1OC. The molecule has 2 aromatic rings. The van der Waals surface area contributed by atoms with E-state index in [0.717, 1.165) is 44.2 Å². The molecule has 1 saturated heterocycles. The molecule has 1 heterocycles. The monoisotopic (exact) mass is 425 g/mol. The number of nitrogens with one attached hydrogen (secondary N) is 1. The maximum atomic E-state index is 12.7. The fourth-order valence-electron chi connectivity index (χ4n) is 3.75. The number of Topliss-reactive ketones (excluding diaryl/α,β-unsaturated/α-hetero) is 1. The zero-order chi connectivity index (χ0) is 22.4. The number of piperazine rings is 1. The summed E-state index contributed by atoms with van der Waals surface area (Å²) in [6.45, 7) is 7.72. The average Bonchev–Trinajstić information content (AvgIpc) is 2.79. The Kier molecular flexibility index (Phi) is 7.65. The van der Waals surface area contributed by atoms with Crippen LogP contribution < -0.4 is 14.8 Å². The normalized spacial score (nSPS) is 15.9. The van der Waals surface area contributed by atoms with E-state index in [1.807, 2.05) is 19.1 Å².